The average Bonchev–Trinajstić information content (AvgIpc) is 2.77. The number of nitrogens with zero attached hydrogens (tertiary/aromatic N) is 3. The fourth-order valence-corrected chi connectivity index (χ4v) is 4.04. The number of anilines is 1. The first kappa shape index (κ1) is 13.0. The monoisotopic (exact) mass is 321 g/mol. The van der Waals surface area contributed by atoms with Gasteiger partial charge in [0.2, 0.25) is 5.95 Å². The van der Waals surface area contributed by atoms with Gasteiger partial charge in [-0.05, 0) is 25.0 Å². The lowest BCUT2D eigenvalue weighted by atomic mass is 9.94. The van der Waals surface area contributed by atoms with Gasteiger partial charge in [-0.25, -0.2) is 4.98 Å². The molecule has 0 aliphatic heterocycles. The van der Waals surface area contributed by atoms with Crippen molar-refractivity contribution in [1.29, 1.82) is 0 Å². The summed E-state index contributed by atoms with van der Waals surface area (Å²) in [6, 6.07) is 8.88. The fourth-order valence-electron chi connectivity index (χ4n) is 3.10. The molecule has 2 aromatic rings. The molecule has 19 heavy (non-hydrogen) atoms. The topological polar surface area (TPSA) is 21.1 Å². The van der Waals surface area contributed by atoms with Crippen LogP contribution in [0.5, 0.6) is 0 Å². The van der Waals surface area contributed by atoms with Gasteiger partial charge in [0.15, 0.2) is 0 Å². The van der Waals surface area contributed by atoms with Crippen LogP contribution >= 0.6 is 15.9 Å². The molecule has 102 valence electrons. The van der Waals surface area contributed by atoms with Gasteiger partial charge in [0.25, 0.3) is 0 Å². The standard InChI is InChI=1S/C15H20BrN3/c1-18(13-9-5-3-7-11(13)16)15-17-12-8-4-6-10-14(12)19(15)2/h4,6,8,10-11,13H,3,5,7,9H2,1-2H3. The predicted octanol–water partition coefficient (Wildman–Crippen LogP) is 3.72. The second-order valence-corrected chi connectivity index (χ2v) is 6.61. The largest absolute Gasteiger partial charge is 0.341 e. The molecule has 1 fully saturated rings. The molecular weight excluding hydrogens is 302 g/mol. The highest BCUT2D eigenvalue weighted by molar-refractivity contribution is 9.09. The van der Waals surface area contributed by atoms with Gasteiger partial charge in [-0.1, -0.05) is 40.9 Å². The third kappa shape index (κ3) is 2.27. The van der Waals surface area contributed by atoms with E-state index in [-0.39, 0.29) is 0 Å². The zero-order valence-electron chi connectivity index (χ0n) is 11.5. The number of aromatic nitrogens is 2. The van der Waals surface area contributed by atoms with E-state index in [4.69, 9.17) is 4.98 Å². The number of fused-ring (bicyclic) bond motifs is 1. The van der Waals surface area contributed by atoms with Crippen LogP contribution in [-0.4, -0.2) is 27.5 Å². The Labute approximate surface area is 122 Å². The molecule has 2 unspecified atom stereocenters. The number of aryl methyl sites for hydroxylation is 1. The summed E-state index contributed by atoms with van der Waals surface area (Å²) in [5, 5.41) is 0. The summed E-state index contributed by atoms with van der Waals surface area (Å²) in [6.07, 6.45) is 5.17. The molecule has 0 N–H and O–H groups in total. The smallest absolute Gasteiger partial charge is 0.206 e. The third-order valence-electron chi connectivity index (χ3n) is 4.22. The highest BCUT2D eigenvalue weighted by Gasteiger charge is 2.28. The number of benzene rings is 1. The molecule has 2 atom stereocenters. The normalized spacial score (nSPS) is 23.7. The van der Waals surface area contributed by atoms with Crippen molar-refractivity contribution in [2.75, 3.05) is 11.9 Å². The Balaban J connectivity index is 1.96. The lowest BCUT2D eigenvalue weighted by Crippen LogP contribution is -2.41. The van der Waals surface area contributed by atoms with E-state index < -0.39 is 0 Å². The Hall–Kier alpha value is -1.03. The van der Waals surface area contributed by atoms with Gasteiger partial charge in [0, 0.05) is 25.0 Å². The molecule has 1 heterocycles. The van der Waals surface area contributed by atoms with Crippen molar-refractivity contribution in [3.8, 4) is 0 Å². The molecule has 0 bridgehead atoms. The Morgan fingerprint density at radius 3 is 2.74 bits per heavy atom. The number of hydrogen-bond donors (Lipinski definition) is 0. The summed E-state index contributed by atoms with van der Waals surface area (Å²) in [4.78, 5) is 7.71. The van der Waals surface area contributed by atoms with Crippen molar-refractivity contribution >= 4 is 32.9 Å². The molecule has 1 aliphatic carbocycles. The van der Waals surface area contributed by atoms with Crippen molar-refractivity contribution < 1.29 is 0 Å². The number of rotatable bonds is 2. The summed E-state index contributed by atoms with van der Waals surface area (Å²) < 4.78 is 2.20. The van der Waals surface area contributed by atoms with Crippen LogP contribution in [0.25, 0.3) is 11.0 Å². The van der Waals surface area contributed by atoms with Gasteiger partial charge in [0.1, 0.15) is 0 Å². The second kappa shape index (κ2) is 5.16. The van der Waals surface area contributed by atoms with Crippen molar-refractivity contribution in [2.45, 2.75) is 36.6 Å². The minimum Gasteiger partial charge on any atom is -0.341 e. The van der Waals surface area contributed by atoms with E-state index in [1.807, 2.05) is 6.07 Å². The van der Waals surface area contributed by atoms with Gasteiger partial charge in [-0.3, -0.25) is 0 Å². The summed E-state index contributed by atoms with van der Waals surface area (Å²) in [7, 11) is 4.28. The predicted molar refractivity (Wildman–Crippen MR) is 84.1 cm³/mol. The van der Waals surface area contributed by atoms with Gasteiger partial charge in [-0.2, -0.15) is 0 Å². The van der Waals surface area contributed by atoms with Crippen molar-refractivity contribution in [3.63, 3.8) is 0 Å². The third-order valence-corrected chi connectivity index (χ3v) is 5.29. The Bertz CT molecular complexity index is 578. The Morgan fingerprint density at radius 1 is 1.26 bits per heavy atom. The molecule has 3 nitrogen and oxygen atoms in total. The van der Waals surface area contributed by atoms with Crippen molar-refractivity contribution in [2.24, 2.45) is 7.05 Å². The second-order valence-electron chi connectivity index (χ2n) is 5.44. The summed E-state index contributed by atoms with van der Waals surface area (Å²) in [5.41, 5.74) is 2.28. The maximum absolute atomic E-state index is 4.79. The molecule has 4 heteroatoms. The number of imidazole rings is 1. The highest BCUT2D eigenvalue weighted by atomic mass is 79.9. The maximum Gasteiger partial charge on any atom is 0.206 e. The quantitative estimate of drug-likeness (QED) is 0.786. The van der Waals surface area contributed by atoms with Gasteiger partial charge >= 0.3 is 0 Å². The summed E-state index contributed by atoms with van der Waals surface area (Å²) in [5.74, 6) is 1.07. The molecule has 0 saturated heterocycles. The van der Waals surface area contributed by atoms with Gasteiger partial charge in [0.05, 0.1) is 11.0 Å². The number of halogens is 1. The van der Waals surface area contributed by atoms with E-state index in [2.05, 4.69) is 57.7 Å². The molecule has 1 aromatic carbocycles. The van der Waals surface area contributed by atoms with Crippen LogP contribution in [0.1, 0.15) is 25.7 Å². The van der Waals surface area contributed by atoms with E-state index >= 15 is 0 Å². The van der Waals surface area contributed by atoms with Crippen LogP contribution in [0.2, 0.25) is 0 Å². The highest BCUT2D eigenvalue weighted by Crippen LogP contribution is 2.31. The molecule has 1 aliphatic rings. The van der Waals surface area contributed by atoms with Crippen LogP contribution in [0.4, 0.5) is 5.95 Å². The zero-order chi connectivity index (χ0) is 13.4. The fraction of sp³-hybridized carbons (Fsp3) is 0.533. The van der Waals surface area contributed by atoms with Crippen LogP contribution in [0.15, 0.2) is 24.3 Å². The molecule has 0 spiro atoms. The molecule has 0 radical (unpaired) electrons. The summed E-state index contributed by atoms with van der Waals surface area (Å²) in [6.45, 7) is 0. The van der Waals surface area contributed by atoms with Crippen LogP contribution in [-0.2, 0) is 7.05 Å². The van der Waals surface area contributed by atoms with E-state index in [1.54, 1.807) is 0 Å². The molecule has 3 rings (SSSR count). The lowest BCUT2D eigenvalue weighted by molar-refractivity contribution is 0.438. The number of alkyl halides is 1. The van der Waals surface area contributed by atoms with Crippen LogP contribution in [0.3, 0.4) is 0 Å². The first-order valence-electron chi connectivity index (χ1n) is 6.97. The minimum atomic E-state index is 0.546. The first-order valence-corrected chi connectivity index (χ1v) is 7.88. The zero-order valence-corrected chi connectivity index (χ0v) is 13.1. The van der Waals surface area contributed by atoms with Crippen molar-refractivity contribution in [3.05, 3.63) is 24.3 Å². The van der Waals surface area contributed by atoms with Gasteiger partial charge in [-0.15, -0.1) is 0 Å². The minimum absolute atomic E-state index is 0.546. The van der Waals surface area contributed by atoms with E-state index in [1.165, 1.54) is 31.2 Å². The Morgan fingerprint density at radius 2 is 2.00 bits per heavy atom. The number of hydrogen-bond acceptors (Lipinski definition) is 2. The molecule has 1 aromatic heterocycles. The molecular formula is C15H20BrN3. The average molecular weight is 322 g/mol. The Kier molecular flexibility index (Phi) is 3.52. The van der Waals surface area contributed by atoms with Crippen LogP contribution < -0.4 is 4.90 Å². The lowest BCUT2D eigenvalue weighted by Gasteiger charge is -2.35. The summed E-state index contributed by atoms with van der Waals surface area (Å²) >= 11 is 3.84. The molecule has 0 amide bonds. The van der Waals surface area contributed by atoms with E-state index in [9.17, 15) is 0 Å². The van der Waals surface area contributed by atoms with Gasteiger partial charge < -0.3 is 9.47 Å². The molecule has 1 saturated carbocycles. The first-order chi connectivity index (χ1) is 9.18. The van der Waals surface area contributed by atoms with E-state index in [0.717, 1.165) is 11.5 Å². The van der Waals surface area contributed by atoms with E-state index in [0.29, 0.717) is 10.9 Å². The maximum atomic E-state index is 4.79. The SMILES string of the molecule is CN(c1nc2ccccc2n1C)C1CCCCC1Br. The number of para-hydroxylation sites is 2. The van der Waals surface area contributed by atoms with Crippen molar-refractivity contribution in [1.82, 2.24) is 9.55 Å². The van der Waals surface area contributed by atoms with Crippen LogP contribution in [0, 0.1) is 0 Å².